The van der Waals surface area contributed by atoms with Crippen LogP contribution in [0.5, 0.6) is 0 Å². The van der Waals surface area contributed by atoms with Gasteiger partial charge in [-0.15, -0.1) is 0 Å². The second kappa shape index (κ2) is 8.49. The van der Waals surface area contributed by atoms with Gasteiger partial charge < -0.3 is 24.5 Å². The number of nitrogens with zero attached hydrogens (tertiary/aromatic N) is 3. The van der Waals surface area contributed by atoms with E-state index in [9.17, 15) is 18.0 Å². The number of alkyl halides is 3. The Kier molecular flexibility index (Phi) is 5.48. The summed E-state index contributed by atoms with van der Waals surface area (Å²) in [4.78, 5) is 21.9. The van der Waals surface area contributed by atoms with Crippen LogP contribution in [0.25, 0.3) is 22.4 Å². The summed E-state index contributed by atoms with van der Waals surface area (Å²) in [7, 11) is 0. The molecule has 8 nitrogen and oxygen atoms in total. The summed E-state index contributed by atoms with van der Waals surface area (Å²) in [5, 5.41) is 6.34. The van der Waals surface area contributed by atoms with Gasteiger partial charge in [0.25, 0.3) is 5.91 Å². The maximum atomic E-state index is 13.6. The van der Waals surface area contributed by atoms with Crippen molar-refractivity contribution in [1.29, 1.82) is 0 Å². The molecule has 0 saturated carbocycles. The first-order valence-corrected chi connectivity index (χ1v) is 10.6. The molecule has 5 rings (SSSR count). The molecular formula is C23H20F3N5O3. The zero-order valence-corrected chi connectivity index (χ0v) is 18.1. The number of ether oxygens (including phenoxy) is 1. The smallest absolute Gasteiger partial charge is 0.378 e. The van der Waals surface area contributed by atoms with Crippen LogP contribution in [-0.4, -0.2) is 47.3 Å². The molecule has 0 aliphatic carbocycles. The molecule has 1 aliphatic heterocycles. The van der Waals surface area contributed by atoms with E-state index in [2.05, 4.69) is 20.4 Å². The van der Waals surface area contributed by atoms with Gasteiger partial charge in [-0.25, -0.2) is 4.98 Å². The third-order valence-corrected chi connectivity index (χ3v) is 5.63. The molecule has 34 heavy (non-hydrogen) atoms. The highest BCUT2D eigenvalue weighted by atomic mass is 19.4. The Bertz CT molecular complexity index is 1360. The SMILES string of the molecule is Cc1oncc1C(=O)Nc1ccc2[nH]c(-c3cc(N4CCOCC4)cc(C(F)(F)F)c3)nc2c1. The van der Waals surface area contributed by atoms with Crippen molar-refractivity contribution in [3.63, 3.8) is 0 Å². The Morgan fingerprint density at radius 2 is 1.94 bits per heavy atom. The van der Waals surface area contributed by atoms with E-state index < -0.39 is 11.7 Å². The molecule has 176 valence electrons. The number of aryl methyl sites for hydroxylation is 1. The summed E-state index contributed by atoms with van der Waals surface area (Å²) in [6, 6.07) is 8.95. The van der Waals surface area contributed by atoms with Gasteiger partial charge in [0, 0.05) is 30.0 Å². The van der Waals surface area contributed by atoms with E-state index >= 15 is 0 Å². The number of rotatable bonds is 4. The van der Waals surface area contributed by atoms with Crippen LogP contribution < -0.4 is 10.2 Å². The fraction of sp³-hybridized carbons (Fsp3) is 0.261. The van der Waals surface area contributed by atoms with E-state index in [0.717, 1.165) is 12.1 Å². The number of benzene rings is 2. The lowest BCUT2D eigenvalue weighted by molar-refractivity contribution is -0.137. The van der Waals surface area contributed by atoms with Gasteiger partial charge in [0.15, 0.2) is 0 Å². The monoisotopic (exact) mass is 471 g/mol. The van der Waals surface area contributed by atoms with Crippen LogP contribution in [0.4, 0.5) is 24.5 Å². The minimum Gasteiger partial charge on any atom is -0.378 e. The Morgan fingerprint density at radius 1 is 1.15 bits per heavy atom. The standard InChI is InChI=1S/C23H20F3N5O3/c1-13-18(12-27-34-13)22(32)28-16-2-3-19-20(11-16)30-21(29-19)14-8-15(23(24,25)26)10-17(9-14)31-4-6-33-7-5-31/h2-3,8-12H,4-7H2,1H3,(H,28,32)(H,29,30). The number of aromatic nitrogens is 3. The number of aromatic amines is 1. The number of imidazole rings is 1. The predicted molar refractivity (Wildman–Crippen MR) is 119 cm³/mol. The molecule has 4 aromatic rings. The lowest BCUT2D eigenvalue weighted by Gasteiger charge is -2.29. The zero-order valence-electron chi connectivity index (χ0n) is 18.1. The number of morpholine rings is 1. The van der Waals surface area contributed by atoms with Crippen molar-refractivity contribution < 1.29 is 27.2 Å². The van der Waals surface area contributed by atoms with E-state index in [-0.39, 0.29) is 5.91 Å². The average molecular weight is 471 g/mol. The number of nitrogens with one attached hydrogen (secondary N) is 2. The van der Waals surface area contributed by atoms with Gasteiger partial charge in [-0.05, 0) is 43.3 Å². The molecule has 0 radical (unpaired) electrons. The largest absolute Gasteiger partial charge is 0.416 e. The van der Waals surface area contributed by atoms with Crippen LogP contribution in [-0.2, 0) is 10.9 Å². The molecule has 2 aromatic heterocycles. The van der Waals surface area contributed by atoms with Crippen LogP contribution in [0.3, 0.4) is 0 Å². The molecule has 11 heteroatoms. The van der Waals surface area contributed by atoms with Gasteiger partial charge in [0.1, 0.15) is 17.1 Å². The average Bonchev–Trinajstić information content (AvgIpc) is 3.44. The second-order valence-corrected chi connectivity index (χ2v) is 7.93. The first-order valence-electron chi connectivity index (χ1n) is 10.6. The van der Waals surface area contributed by atoms with E-state index in [1.54, 1.807) is 31.2 Å². The highest BCUT2D eigenvalue weighted by molar-refractivity contribution is 6.05. The number of anilines is 2. The van der Waals surface area contributed by atoms with E-state index in [1.165, 1.54) is 6.20 Å². The number of H-pyrrole nitrogens is 1. The van der Waals surface area contributed by atoms with Crippen molar-refractivity contribution in [2.24, 2.45) is 0 Å². The topological polar surface area (TPSA) is 96.3 Å². The molecule has 1 aliphatic rings. The molecule has 1 saturated heterocycles. The lowest BCUT2D eigenvalue weighted by atomic mass is 10.1. The summed E-state index contributed by atoms with van der Waals surface area (Å²) in [6.45, 7) is 3.56. The molecule has 0 spiro atoms. The molecule has 1 fully saturated rings. The first kappa shape index (κ1) is 22.0. The van der Waals surface area contributed by atoms with E-state index in [1.807, 2.05) is 4.90 Å². The van der Waals surface area contributed by atoms with E-state index in [0.29, 0.717) is 71.4 Å². The first-order chi connectivity index (χ1) is 16.3. The molecule has 2 aromatic carbocycles. The van der Waals surface area contributed by atoms with Crippen molar-refractivity contribution in [3.05, 3.63) is 59.5 Å². The van der Waals surface area contributed by atoms with Crippen LogP contribution in [0, 0.1) is 6.92 Å². The van der Waals surface area contributed by atoms with Crippen molar-refractivity contribution in [1.82, 2.24) is 15.1 Å². The maximum Gasteiger partial charge on any atom is 0.416 e. The fourth-order valence-electron chi connectivity index (χ4n) is 3.85. The summed E-state index contributed by atoms with van der Waals surface area (Å²) in [5.41, 5.74) is 1.95. The van der Waals surface area contributed by atoms with Crippen molar-refractivity contribution in [3.8, 4) is 11.4 Å². The maximum absolute atomic E-state index is 13.6. The predicted octanol–water partition coefficient (Wildman–Crippen LogP) is 4.63. The molecule has 1 amide bonds. The molecule has 0 bridgehead atoms. The molecular weight excluding hydrogens is 451 g/mol. The Labute approximate surface area is 191 Å². The number of carbonyl (C=O) groups is 1. The minimum atomic E-state index is -4.50. The van der Waals surface area contributed by atoms with Crippen LogP contribution in [0.1, 0.15) is 21.7 Å². The van der Waals surface area contributed by atoms with Gasteiger partial charge in [-0.2, -0.15) is 13.2 Å². The number of hydrogen-bond donors (Lipinski definition) is 2. The second-order valence-electron chi connectivity index (χ2n) is 7.93. The molecule has 3 heterocycles. The van der Waals surface area contributed by atoms with Gasteiger partial charge >= 0.3 is 6.18 Å². The Balaban J connectivity index is 1.48. The Morgan fingerprint density at radius 3 is 2.65 bits per heavy atom. The normalized spacial score (nSPS) is 14.5. The number of halogens is 3. The fourth-order valence-corrected chi connectivity index (χ4v) is 3.85. The van der Waals surface area contributed by atoms with Crippen LogP contribution in [0.15, 0.2) is 47.1 Å². The molecule has 2 N–H and O–H groups in total. The summed E-state index contributed by atoms with van der Waals surface area (Å²) in [5.74, 6) is 0.303. The molecule has 0 unspecified atom stereocenters. The number of hydrogen-bond acceptors (Lipinski definition) is 6. The minimum absolute atomic E-state index is 0.300. The lowest BCUT2D eigenvalue weighted by Crippen LogP contribution is -2.36. The van der Waals surface area contributed by atoms with Gasteiger partial charge in [0.2, 0.25) is 0 Å². The van der Waals surface area contributed by atoms with Crippen molar-refractivity contribution in [2.75, 3.05) is 36.5 Å². The van der Waals surface area contributed by atoms with E-state index in [4.69, 9.17) is 9.26 Å². The highest BCUT2D eigenvalue weighted by Gasteiger charge is 2.32. The summed E-state index contributed by atoms with van der Waals surface area (Å²) < 4.78 is 51.1. The number of fused-ring (bicyclic) bond motifs is 1. The third-order valence-electron chi connectivity index (χ3n) is 5.63. The van der Waals surface area contributed by atoms with Gasteiger partial charge in [-0.3, -0.25) is 4.79 Å². The summed E-state index contributed by atoms with van der Waals surface area (Å²) in [6.07, 6.45) is -3.17. The van der Waals surface area contributed by atoms with Crippen molar-refractivity contribution >= 4 is 28.3 Å². The highest BCUT2D eigenvalue weighted by Crippen LogP contribution is 2.36. The zero-order chi connectivity index (χ0) is 23.9. The Hall–Kier alpha value is -3.86. The molecule has 0 atom stereocenters. The van der Waals surface area contributed by atoms with Gasteiger partial charge in [-0.1, -0.05) is 5.16 Å². The quantitative estimate of drug-likeness (QED) is 0.451. The van der Waals surface area contributed by atoms with Crippen LogP contribution in [0.2, 0.25) is 0 Å². The van der Waals surface area contributed by atoms with Crippen LogP contribution >= 0.6 is 0 Å². The number of amides is 1. The van der Waals surface area contributed by atoms with Gasteiger partial charge in [0.05, 0.1) is 36.0 Å². The third kappa shape index (κ3) is 4.34. The number of carbonyl (C=O) groups excluding carboxylic acids is 1. The summed E-state index contributed by atoms with van der Waals surface area (Å²) >= 11 is 0. The van der Waals surface area contributed by atoms with Crippen molar-refractivity contribution in [2.45, 2.75) is 13.1 Å².